The van der Waals surface area contributed by atoms with E-state index in [1.54, 1.807) is 6.20 Å². The molecule has 82 valence electrons. The van der Waals surface area contributed by atoms with Gasteiger partial charge in [0.15, 0.2) is 0 Å². The number of anilines is 1. The highest BCUT2D eigenvalue weighted by molar-refractivity contribution is 5.42. The summed E-state index contributed by atoms with van der Waals surface area (Å²) in [6, 6.07) is 11.5. The summed E-state index contributed by atoms with van der Waals surface area (Å²) in [6.07, 6.45) is 1.72. The van der Waals surface area contributed by atoms with Crippen LogP contribution in [-0.2, 0) is 6.61 Å². The number of hydrogen-bond acceptors (Lipinski definition) is 3. The molecule has 0 aliphatic heterocycles. The lowest BCUT2D eigenvalue weighted by atomic mass is 10.2. The first-order chi connectivity index (χ1) is 7.77. The molecule has 0 radical (unpaired) electrons. The summed E-state index contributed by atoms with van der Waals surface area (Å²) in [5.41, 5.74) is 8.32. The number of hydrogen-bond donors (Lipinski definition) is 1. The molecule has 3 nitrogen and oxygen atoms in total. The molecule has 1 heterocycles. The van der Waals surface area contributed by atoms with Crippen molar-refractivity contribution in [2.45, 2.75) is 13.5 Å². The van der Waals surface area contributed by atoms with Gasteiger partial charge < -0.3 is 10.5 Å². The van der Waals surface area contributed by atoms with Crippen LogP contribution < -0.4 is 10.5 Å². The summed E-state index contributed by atoms with van der Waals surface area (Å²) < 4.78 is 5.66. The highest BCUT2D eigenvalue weighted by atomic mass is 16.5. The first-order valence-corrected chi connectivity index (χ1v) is 5.15. The van der Waals surface area contributed by atoms with Crippen molar-refractivity contribution in [1.82, 2.24) is 4.98 Å². The van der Waals surface area contributed by atoms with E-state index in [9.17, 15) is 0 Å². The molecule has 0 aliphatic carbocycles. The topological polar surface area (TPSA) is 48.1 Å². The minimum Gasteiger partial charge on any atom is -0.487 e. The predicted molar refractivity (Wildman–Crippen MR) is 64.2 cm³/mol. The number of nitrogens with zero attached hydrogens (tertiary/aromatic N) is 1. The molecule has 2 N–H and O–H groups in total. The maximum absolute atomic E-state index is 5.78. The van der Waals surface area contributed by atoms with E-state index in [1.165, 1.54) is 0 Å². The van der Waals surface area contributed by atoms with Gasteiger partial charge in [-0.1, -0.05) is 18.2 Å². The van der Waals surface area contributed by atoms with Crippen molar-refractivity contribution >= 4 is 5.69 Å². The van der Waals surface area contributed by atoms with E-state index in [2.05, 4.69) is 4.98 Å². The van der Waals surface area contributed by atoms with E-state index in [4.69, 9.17) is 10.5 Å². The third-order valence-corrected chi connectivity index (χ3v) is 2.38. The zero-order valence-electron chi connectivity index (χ0n) is 9.18. The van der Waals surface area contributed by atoms with Gasteiger partial charge in [0, 0.05) is 6.20 Å². The van der Waals surface area contributed by atoms with Crippen LogP contribution in [-0.4, -0.2) is 4.98 Å². The van der Waals surface area contributed by atoms with Crippen molar-refractivity contribution in [3.63, 3.8) is 0 Å². The van der Waals surface area contributed by atoms with Gasteiger partial charge in [0.25, 0.3) is 0 Å². The lowest BCUT2D eigenvalue weighted by Crippen LogP contribution is -2.03. The molecular formula is C13H14N2O. The fraction of sp³-hybridized carbons (Fsp3) is 0.154. The van der Waals surface area contributed by atoms with Crippen LogP contribution in [0, 0.1) is 6.92 Å². The van der Waals surface area contributed by atoms with Crippen LogP contribution in [0.5, 0.6) is 5.75 Å². The summed E-state index contributed by atoms with van der Waals surface area (Å²) >= 11 is 0. The SMILES string of the molecule is Cc1ccccc1OCc1ncccc1N. The lowest BCUT2D eigenvalue weighted by Gasteiger charge is -2.09. The number of nitrogen functional groups attached to an aromatic ring is 1. The molecule has 0 fully saturated rings. The molecule has 3 heteroatoms. The summed E-state index contributed by atoms with van der Waals surface area (Å²) in [7, 11) is 0. The molecule has 0 saturated heterocycles. The van der Waals surface area contributed by atoms with Crippen molar-refractivity contribution in [1.29, 1.82) is 0 Å². The largest absolute Gasteiger partial charge is 0.487 e. The smallest absolute Gasteiger partial charge is 0.132 e. The minimum atomic E-state index is 0.400. The Hall–Kier alpha value is -2.03. The van der Waals surface area contributed by atoms with Crippen molar-refractivity contribution in [2.24, 2.45) is 0 Å². The van der Waals surface area contributed by atoms with E-state index >= 15 is 0 Å². The Labute approximate surface area is 94.9 Å². The van der Waals surface area contributed by atoms with Crippen LogP contribution >= 0.6 is 0 Å². The van der Waals surface area contributed by atoms with Crippen LogP contribution in [0.2, 0.25) is 0 Å². The second kappa shape index (κ2) is 4.66. The van der Waals surface area contributed by atoms with Gasteiger partial charge in [-0.05, 0) is 30.7 Å². The fourth-order valence-electron chi connectivity index (χ4n) is 1.44. The van der Waals surface area contributed by atoms with Gasteiger partial charge in [-0.2, -0.15) is 0 Å². The van der Waals surface area contributed by atoms with Crippen molar-refractivity contribution in [3.8, 4) is 5.75 Å². The second-order valence-corrected chi connectivity index (χ2v) is 3.59. The number of benzene rings is 1. The summed E-state index contributed by atoms with van der Waals surface area (Å²) in [5.74, 6) is 0.868. The maximum Gasteiger partial charge on any atom is 0.132 e. The first kappa shape index (κ1) is 10.5. The quantitative estimate of drug-likeness (QED) is 0.854. The normalized spacial score (nSPS) is 10.1. The van der Waals surface area contributed by atoms with Gasteiger partial charge in [-0.15, -0.1) is 0 Å². The molecule has 0 amide bonds. The fourth-order valence-corrected chi connectivity index (χ4v) is 1.44. The molecule has 0 aliphatic rings. The number of rotatable bonds is 3. The van der Waals surface area contributed by atoms with E-state index in [0.29, 0.717) is 12.3 Å². The summed E-state index contributed by atoms with van der Waals surface area (Å²) in [5, 5.41) is 0. The highest BCUT2D eigenvalue weighted by Gasteiger charge is 2.02. The molecular weight excluding hydrogens is 200 g/mol. The Bertz CT molecular complexity index is 437. The number of aromatic nitrogens is 1. The zero-order valence-corrected chi connectivity index (χ0v) is 9.18. The third kappa shape index (κ3) is 2.31. The predicted octanol–water partition coefficient (Wildman–Crippen LogP) is 2.55. The maximum atomic E-state index is 5.78. The Morgan fingerprint density at radius 1 is 1.19 bits per heavy atom. The summed E-state index contributed by atoms with van der Waals surface area (Å²) in [4.78, 5) is 4.17. The van der Waals surface area contributed by atoms with E-state index in [1.807, 2.05) is 43.3 Å². The molecule has 16 heavy (non-hydrogen) atoms. The second-order valence-electron chi connectivity index (χ2n) is 3.59. The standard InChI is InChI=1S/C13H14N2O/c1-10-5-2-3-7-13(10)16-9-12-11(14)6-4-8-15-12/h2-8H,9,14H2,1H3. The number of pyridine rings is 1. The van der Waals surface area contributed by atoms with E-state index in [0.717, 1.165) is 17.0 Å². The average molecular weight is 214 g/mol. The number of nitrogens with two attached hydrogens (primary N) is 1. The van der Waals surface area contributed by atoms with Crippen LogP contribution in [0.25, 0.3) is 0 Å². The van der Waals surface area contributed by atoms with Gasteiger partial charge in [-0.25, -0.2) is 0 Å². The Balaban J connectivity index is 2.09. The average Bonchev–Trinajstić information content (AvgIpc) is 2.30. The Morgan fingerprint density at radius 3 is 2.75 bits per heavy atom. The molecule has 0 spiro atoms. The Kier molecular flexibility index (Phi) is 3.05. The monoisotopic (exact) mass is 214 g/mol. The lowest BCUT2D eigenvalue weighted by molar-refractivity contribution is 0.300. The van der Waals surface area contributed by atoms with Gasteiger partial charge in [0.2, 0.25) is 0 Å². The molecule has 0 saturated carbocycles. The molecule has 2 aromatic rings. The van der Waals surface area contributed by atoms with Crippen molar-refractivity contribution < 1.29 is 4.74 Å². The van der Waals surface area contributed by atoms with Crippen LogP contribution in [0.4, 0.5) is 5.69 Å². The van der Waals surface area contributed by atoms with Crippen LogP contribution in [0.1, 0.15) is 11.3 Å². The van der Waals surface area contributed by atoms with Crippen molar-refractivity contribution in [3.05, 3.63) is 53.9 Å². The van der Waals surface area contributed by atoms with E-state index < -0.39 is 0 Å². The van der Waals surface area contributed by atoms with Crippen LogP contribution in [0.3, 0.4) is 0 Å². The molecule has 0 atom stereocenters. The van der Waals surface area contributed by atoms with E-state index in [-0.39, 0.29) is 0 Å². The third-order valence-electron chi connectivity index (χ3n) is 2.38. The molecule has 0 bridgehead atoms. The van der Waals surface area contributed by atoms with Crippen LogP contribution in [0.15, 0.2) is 42.6 Å². The number of aryl methyl sites for hydroxylation is 1. The molecule has 0 unspecified atom stereocenters. The molecule has 1 aromatic heterocycles. The summed E-state index contributed by atoms with van der Waals surface area (Å²) in [6.45, 7) is 2.41. The van der Waals surface area contributed by atoms with Gasteiger partial charge in [0.1, 0.15) is 18.1 Å². The number of ether oxygens (including phenoxy) is 1. The Morgan fingerprint density at radius 2 is 2.00 bits per heavy atom. The number of para-hydroxylation sites is 1. The van der Waals surface area contributed by atoms with Gasteiger partial charge >= 0.3 is 0 Å². The highest BCUT2D eigenvalue weighted by Crippen LogP contribution is 2.18. The zero-order chi connectivity index (χ0) is 11.4. The van der Waals surface area contributed by atoms with Crippen molar-refractivity contribution in [2.75, 3.05) is 5.73 Å². The van der Waals surface area contributed by atoms with Gasteiger partial charge in [0.05, 0.1) is 5.69 Å². The molecule has 1 aromatic carbocycles. The van der Waals surface area contributed by atoms with Gasteiger partial charge in [-0.3, -0.25) is 4.98 Å². The first-order valence-electron chi connectivity index (χ1n) is 5.15. The molecule has 2 rings (SSSR count). The minimum absolute atomic E-state index is 0.400.